The number of hydrogen-bond donors (Lipinski definition) is 1. The highest BCUT2D eigenvalue weighted by Crippen LogP contribution is 2.28. The Labute approximate surface area is 163 Å². The van der Waals surface area contributed by atoms with E-state index in [4.69, 9.17) is 9.47 Å². The summed E-state index contributed by atoms with van der Waals surface area (Å²) in [5.41, 5.74) is 1.48. The van der Waals surface area contributed by atoms with Crippen LogP contribution in [0.2, 0.25) is 0 Å². The molecule has 0 unspecified atom stereocenters. The number of Topliss-reactive ketones (excluding diaryl/α,β-unsaturated/α-hetero) is 1. The second-order valence-corrected chi connectivity index (χ2v) is 7.11. The fraction of sp³-hybridized carbons (Fsp3) is 0.167. The molecule has 0 bridgehead atoms. The van der Waals surface area contributed by atoms with Crippen molar-refractivity contribution in [3.05, 3.63) is 52.5 Å². The van der Waals surface area contributed by atoms with Crippen molar-refractivity contribution >= 4 is 33.5 Å². The van der Waals surface area contributed by atoms with Crippen LogP contribution in [0.4, 0.5) is 0 Å². The first-order valence-corrected chi connectivity index (χ1v) is 9.45. The molecule has 0 aliphatic carbocycles. The number of aromatic amines is 1. The molecule has 6 nitrogen and oxygen atoms in total. The third-order valence-electron chi connectivity index (χ3n) is 3.62. The molecular weight excluding hydrogens is 418 g/mol. The number of aromatic nitrogens is 3. The number of methoxy groups -OCH3 is 2. The van der Waals surface area contributed by atoms with Crippen molar-refractivity contribution in [3.8, 4) is 22.9 Å². The number of ether oxygens (including phenoxy) is 2. The van der Waals surface area contributed by atoms with E-state index in [0.717, 1.165) is 10.0 Å². The van der Waals surface area contributed by atoms with E-state index in [2.05, 4.69) is 31.1 Å². The third-order valence-corrected chi connectivity index (χ3v) is 5.00. The van der Waals surface area contributed by atoms with Crippen LogP contribution in [-0.4, -0.2) is 40.9 Å². The van der Waals surface area contributed by atoms with Gasteiger partial charge in [-0.2, -0.15) is 0 Å². The van der Waals surface area contributed by atoms with Crippen LogP contribution in [0.3, 0.4) is 0 Å². The number of ketones is 1. The summed E-state index contributed by atoms with van der Waals surface area (Å²) in [5.74, 6) is 1.97. The van der Waals surface area contributed by atoms with Crippen molar-refractivity contribution in [2.24, 2.45) is 0 Å². The molecule has 0 amide bonds. The first-order valence-electron chi connectivity index (χ1n) is 7.67. The number of benzene rings is 2. The Morgan fingerprint density at radius 3 is 2.54 bits per heavy atom. The molecule has 0 saturated carbocycles. The summed E-state index contributed by atoms with van der Waals surface area (Å²) in [6, 6.07) is 12.9. The average molecular weight is 434 g/mol. The maximum absolute atomic E-state index is 12.4. The Balaban J connectivity index is 1.66. The second-order valence-electron chi connectivity index (χ2n) is 5.26. The lowest BCUT2D eigenvalue weighted by Gasteiger charge is -2.08. The summed E-state index contributed by atoms with van der Waals surface area (Å²) in [6.45, 7) is 0. The Morgan fingerprint density at radius 1 is 1.12 bits per heavy atom. The van der Waals surface area contributed by atoms with Gasteiger partial charge in [0.2, 0.25) is 5.16 Å². The molecular formula is C18H16BrN3O3S. The lowest BCUT2D eigenvalue weighted by molar-refractivity contribution is 0.102. The fourth-order valence-electron chi connectivity index (χ4n) is 2.27. The number of carbonyl (C=O) groups excluding carboxylic acids is 1. The standard InChI is InChI=1S/C18H16BrN3O3S/c1-24-15-8-5-12(9-16(15)25-2)14(23)10-26-18-20-17(21-22-18)11-3-6-13(19)7-4-11/h3-9H,10H2,1-2H3,(H,20,21,22). The van der Waals surface area contributed by atoms with Crippen LogP contribution in [-0.2, 0) is 0 Å². The Morgan fingerprint density at radius 2 is 1.85 bits per heavy atom. The molecule has 0 radical (unpaired) electrons. The summed E-state index contributed by atoms with van der Waals surface area (Å²) in [5, 5.41) is 7.58. The lowest BCUT2D eigenvalue weighted by atomic mass is 10.1. The van der Waals surface area contributed by atoms with E-state index >= 15 is 0 Å². The number of H-pyrrole nitrogens is 1. The summed E-state index contributed by atoms with van der Waals surface area (Å²) < 4.78 is 11.4. The number of nitrogens with zero attached hydrogens (tertiary/aromatic N) is 2. The Kier molecular flexibility index (Phi) is 5.95. The van der Waals surface area contributed by atoms with Gasteiger partial charge in [0.25, 0.3) is 0 Å². The molecule has 0 spiro atoms. The lowest BCUT2D eigenvalue weighted by Crippen LogP contribution is -2.03. The van der Waals surface area contributed by atoms with Gasteiger partial charge in [0.05, 0.1) is 20.0 Å². The summed E-state index contributed by atoms with van der Waals surface area (Å²) in [4.78, 5) is 16.8. The third kappa shape index (κ3) is 4.25. The first-order chi connectivity index (χ1) is 12.6. The van der Waals surface area contributed by atoms with Gasteiger partial charge in [0, 0.05) is 15.6 Å². The van der Waals surface area contributed by atoms with Gasteiger partial charge in [-0.15, -0.1) is 5.10 Å². The molecule has 134 valence electrons. The van der Waals surface area contributed by atoms with Crippen molar-refractivity contribution < 1.29 is 14.3 Å². The van der Waals surface area contributed by atoms with Crippen molar-refractivity contribution in [1.82, 2.24) is 15.2 Å². The molecule has 0 aliphatic heterocycles. The van der Waals surface area contributed by atoms with E-state index in [1.807, 2.05) is 24.3 Å². The Hall–Kier alpha value is -2.32. The molecule has 3 aromatic rings. The van der Waals surface area contributed by atoms with Crippen molar-refractivity contribution in [2.45, 2.75) is 5.16 Å². The van der Waals surface area contributed by atoms with Crippen LogP contribution in [0.25, 0.3) is 11.4 Å². The maximum atomic E-state index is 12.4. The second kappa shape index (κ2) is 8.37. The van der Waals surface area contributed by atoms with Crippen LogP contribution in [0, 0.1) is 0 Å². The molecule has 2 aromatic carbocycles. The predicted molar refractivity (Wildman–Crippen MR) is 104 cm³/mol. The van der Waals surface area contributed by atoms with E-state index in [1.54, 1.807) is 25.3 Å². The van der Waals surface area contributed by atoms with Gasteiger partial charge in [-0.25, -0.2) is 4.98 Å². The molecule has 1 heterocycles. The van der Waals surface area contributed by atoms with E-state index in [0.29, 0.717) is 28.0 Å². The number of rotatable bonds is 7. The van der Waals surface area contributed by atoms with Crippen molar-refractivity contribution in [3.63, 3.8) is 0 Å². The van der Waals surface area contributed by atoms with Gasteiger partial charge in [0.15, 0.2) is 23.1 Å². The smallest absolute Gasteiger partial charge is 0.209 e. The number of hydrogen-bond acceptors (Lipinski definition) is 6. The first kappa shape index (κ1) is 18.5. The fourth-order valence-corrected chi connectivity index (χ4v) is 3.23. The minimum Gasteiger partial charge on any atom is -0.493 e. The summed E-state index contributed by atoms with van der Waals surface area (Å²) in [7, 11) is 3.10. The zero-order valence-electron chi connectivity index (χ0n) is 14.2. The molecule has 0 fully saturated rings. The van der Waals surface area contributed by atoms with Gasteiger partial charge < -0.3 is 9.47 Å². The van der Waals surface area contributed by atoms with Crippen molar-refractivity contribution in [1.29, 1.82) is 0 Å². The largest absolute Gasteiger partial charge is 0.493 e. The molecule has 26 heavy (non-hydrogen) atoms. The highest BCUT2D eigenvalue weighted by molar-refractivity contribution is 9.10. The van der Waals surface area contributed by atoms with Crippen LogP contribution in [0.5, 0.6) is 11.5 Å². The molecule has 0 aliphatic rings. The molecule has 8 heteroatoms. The zero-order chi connectivity index (χ0) is 18.5. The van der Waals surface area contributed by atoms with Gasteiger partial charge in [-0.3, -0.25) is 9.89 Å². The van der Waals surface area contributed by atoms with E-state index < -0.39 is 0 Å². The number of thioether (sulfide) groups is 1. The van der Waals surface area contributed by atoms with Gasteiger partial charge in [-0.1, -0.05) is 39.8 Å². The maximum Gasteiger partial charge on any atom is 0.209 e. The summed E-state index contributed by atoms with van der Waals surface area (Å²) >= 11 is 4.68. The van der Waals surface area contributed by atoms with Gasteiger partial charge in [0.1, 0.15) is 0 Å². The topological polar surface area (TPSA) is 77.1 Å². The minimum atomic E-state index is -0.0362. The van der Waals surface area contributed by atoms with Crippen LogP contribution in [0.1, 0.15) is 10.4 Å². The highest BCUT2D eigenvalue weighted by atomic mass is 79.9. The van der Waals surface area contributed by atoms with E-state index in [1.165, 1.54) is 18.9 Å². The highest BCUT2D eigenvalue weighted by Gasteiger charge is 2.13. The van der Waals surface area contributed by atoms with Crippen LogP contribution in [0.15, 0.2) is 52.1 Å². The van der Waals surface area contributed by atoms with Crippen LogP contribution >= 0.6 is 27.7 Å². The molecule has 1 aromatic heterocycles. The Bertz CT molecular complexity index is 912. The van der Waals surface area contributed by atoms with Gasteiger partial charge >= 0.3 is 0 Å². The normalized spacial score (nSPS) is 10.6. The monoisotopic (exact) mass is 433 g/mol. The molecule has 1 N–H and O–H groups in total. The molecule has 3 rings (SSSR count). The van der Waals surface area contributed by atoms with Gasteiger partial charge in [-0.05, 0) is 30.3 Å². The average Bonchev–Trinajstić information content (AvgIpc) is 3.15. The van der Waals surface area contributed by atoms with Crippen molar-refractivity contribution in [2.75, 3.05) is 20.0 Å². The predicted octanol–water partition coefficient (Wildman–Crippen LogP) is 4.23. The summed E-state index contributed by atoms with van der Waals surface area (Å²) in [6.07, 6.45) is 0. The number of halogens is 1. The molecule has 0 atom stereocenters. The van der Waals surface area contributed by atoms with Crippen LogP contribution < -0.4 is 9.47 Å². The SMILES string of the molecule is COc1ccc(C(=O)CSc2n[nH]c(-c3ccc(Br)cc3)n2)cc1OC. The van der Waals surface area contributed by atoms with E-state index in [-0.39, 0.29) is 11.5 Å². The zero-order valence-corrected chi connectivity index (χ0v) is 16.6. The quantitative estimate of drug-likeness (QED) is 0.443. The van der Waals surface area contributed by atoms with E-state index in [9.17, 15) is 4.79 Å². The molecule has 0 saturated heterocycles. The number of carbonyl (C=O) groups is 1. The minimum absolute atomic E-state index is 0.0362. The number of nitrogens with one attached hydrogen (secondary N) is 1.